The number of likely N-dealkylation sites (N-methyl/N-ethyl adjacent to an activating group) is 1. The molecule has 1 aromatic heterocycles. The Labute approximate surface area is 154 Å². The van der Waals surface area contributed by atoms with Crippen LogP contribution in [-0.4, -0.2) is 71.8 Å². The van der Waals surface area contributed by atoms with Crippen LogP contribution in [0, 0.1) is 0 Å². The van der Waals surface area contributed by atoms with Crippen molar-refractivity contribution in [3.05, 3.63) is 42.1 Å². The third kappa shape index (κ3) is 4.03. The van der Waals surface area contributed by atoms with E-state index in [-0.39, 0.29) is 5.91 Å². The van der Waals surface area contributed by atoms with E-state index < -0.39 is 5.60 Å². The van der Waals surface area contributed by atoms with E-state index >= 15 is 0 Å². The van der Waals surface area contributed by atoms with Crippen LogP contribution in [0.25, 0.3) is 10.9 Å². The van der Waals surface area contributed by atoms with Crippen molar-refractivity contribution in [3.63, 3.8) is 0 Å². The number of fused-ring (bicyclic) bond motifs is 1. The van der Waals surface area contributed by atoms with Crippen molar-refractivity contribution in [2.24, 2.45) is 0 Å². The fraction of sp³-hybridized carbons (Fsp3) is 0.500. The molecule has 6 heteroatoms. The molecule has 1 aromatic carbocycles. The number of carbonyl (C=O) groups excluding carboxylic acids is 1. The van der Waals surface area contributed by atoms with E-state index in [4.69, 9.17) is 4.74 Å². The molecule has 1 saturated heterocycles. The maximum Gasteiger partial charge on any atom is 0.255 e. The van der Waals surface area contributed by atoms with Crippen LogP contribution >= 0.6 is 0 Å². The number of aliphatic hydroxyl groups is 1. The van der Waals surface area contributed by atoms with E-state index in [9.17, 15) is 9.90 Å². The van der Waals surface area contributed by atoms with Gasteiger partial charge in [-0.2, -0.15) is 0 Å². The summed E-state index contributed by atoms with van der Waals surface area (Å²) in [7, 11) is 3.55. The van der Waals surface area contributed by atoms with Gasteiger partial charge in [-0.25, -0.2) is 0 Å². The summed E-state index contributed by atoms with van der Waals surface area (Å²) in [5.41, 5.74) is 0.720. The van der Waals surface area contributed by atoms with Gasteiger partial charge in [-0.15, -0.1) is 0 Å². The minimum absolute atomic E-state index is 0.191. The SMILES string of the molecule is COCCN1CCC[C@](O)(CN(C)Cc2cccc3cccnc23)C1=O. The molecule has 6 nitrogen and oxygen atoms in total. The van der Waals surface area contributed by atoms with Crippen molar-refractivity contribution in [1.29, 1.82) is 0 Å². The third-order valence-electron chi connectivity index (χ3n) is 4.96. The molecule has 1 aliphatic rings. The number of nitrogens with zero attached hydrogens (tertiary/aromatic N) is 3. The Balaban J connectivity index is 1.70. The number of pyridine rings is 1. The van der Waals surface area contributed by atoms with Gasteiger partial charge in [0.25, 0.3) is 5.91 Å². The summed E-state index contributed by atoms with van der Waals surface area (Å²) in [6.07, 6.45) is 3.08. The summed E-state index contributed by atoms with van der Waals surface area (Å²) in [5.74, 6) is -0.191. The minimum atomic E-state index is -1.33. The predicted molar refractivity (Wildman–Crippen MR) is 101 cm³/mol. The van der Waals surface area contributed by atoms with Crippen LogP contribution in [-0.2, 0) is 16.1 Å². The van der Waals surface area contributed by atoms with Crippen LogP contribution < -0.4 is 0 Å². The molecule has 140 valence electrons. The van der Waals surface area contributed by atoms with Crippen LogP contribution in [0.4, 0.5) is 0 Å². The van der Waals surface area contributed by atoms with Crippen LogP contribution in [0.2, 0.25) is 0 Å². The summed E-state index contributed by atoms with van der Waals surface area (Å²) < 4.78 is 5.07. The monoisotopic (exact) mass is 357 g/mol. The number of piperidine rings is 1. The number of carbonyl (C=O) groups is 1. The van der Waals surface area contributed by atoms with Crippen molar-refractivity contribution >= 4 is 16.8 Å². The van der Waals surface area contributed by atoms with Crippen molar-refractivity contribution in [1.82, 2.24) is 14.8 Å². The van der Waals surface area contributed by atoms with Gasteiger partial charge in [0, 0.05) is 44.9 Å². The number of para-hydroxylation sites is 1. The highest BCUT2D eigenvalue weighted by Gasteiger charge is 2.42. The predicted octanol–water partition coefficient (Wildman–Crippen LogP) is 1.67. The molecule has 26 heavy (non-hydrogen) atoms. The third-order valence-corrected chi connectivity index (χ3v) is 4.96. The number of ether oxygens (including phenoxy) is 1. The molecule has 0 spiro atoms. The maximum absolute atomic E-state index is 12.7. The Morgan fingerprint density at radius 2 is 2.15 bits per heavy atom. The Morgan fingerprint density at radius 1 is 1.35 bits per heavy atom. The number of aromatic nitrogens is 1. The van der Waals surface area contributed by atoms with Crippen molar-refractivity contribution < 1.29 is 14.6 Å². The van der Waals surface area contributed by atoms with Crippen molar-refractivity contribution in [3.8, 4) is 0 Å². The van der Waals surface area contributed by atoms with Gasteiger partial charge < -0.3 is 14.7 Å². The number of hydrogen-bond donors (Lipinski definition) is 1. The first-order valence-corrected chi connectivity index (χ1v) is 9.05. The fourth-order valence-corrected chi connectivity index (χ4v) is 3.71. The van der Waals surface area contributed by atoms with Crippen molar-refractivity contribution in [2.45, 2.75) is 25.0 Å². The molecular weight excluding hydrogens is 330 g/mol. The minimum Gasteiger partial charge on any atom is -0.383 e. The largest absolute Gasteiger partial charge is 0.383 e. The Morgan fingerprint density at radius 3 is 2.96 bits per heavy atom. The van der Waals surface area contributed by atoms with Crippen molar-refractivity contribution in [2.75, 3.05) is 40.4 Å². The molecule has 1 amide bonds. The summed E-state index contributed by atoms with van der Waals surface area (Å²) in [6, 6.07) is 10.1. The van der Waals surface area contributed by atoms with Gasteiger partial charge >= 0.3 is 0 Å². The fourth-order valence-electron chi connectivity index (χ4n) is 3.71. The van der Waals surface area contributed by atoms with Crippen LogP contribution in [0.1, 0.15) is 18.4 Å². The molecule has 2 heterocycles. The Bertz CT molecular complexity index is 762. The van der Waals surface area contributed by atoms with Gasteiger partial charge in [0.2, 0.25) is 0 Å². The molecule has 0 aliphatic carbocycles. The van der Waals surface area contributed by atoms with Gasteiger partial charge in [-0.1, -0.05) is 24.3 Å². The Hall–Kier alpha value is -2.02. The summed E-state index contributed by atoms with van der Waals surface area (Å²) in [4.78, 5) is 20.9. The number of amides is 1. The van der Waals surface area contributed by atoms with Gasteiger partial charge in [-0.3, -0.25) is 14.7 Å². The lowest BCUT2D eigenvalue weighted by atomic mass is 9.91. The molecule has 0 radical (unpaired) electrons. The lowest BCUT2D eigenvalue weighted by Crippen LogP contribution is -2.58. The van der Waals surface area contributed by atoms with E-state index in [1.54, 1.807) is 18.2 Å². The standard InChI is InChI=1S/C20H27N3O3/c1-22(14-17-7-3-6-16-8-4-10-21-18(16)17)15-20(25)9-5-11-23(19(20)24)12-13-26-2/h3-4,6-8,10,25H,5,9,11-15H2,1-2H3/t20-/m0/s1. The lowest BCUT2D eigenvalue weighted by molar-refractivity contribution is -0.159. The number of benzene rings is 1. The molecule has 0 unspecified atom stereocenters. The average Bonchev–Trinajstić information content (AvgIpc) is 2.63. The first kappa shape index (κ1) is 18.8. The van der Waals surface area contributed by atoms with Gasteiger partial charge in [0.15, 0.2) is 5.60 Å². The number of likely N-dealkylation sites (tertiary alicyclic amines) is 1. The lowest BCUT2D eigenvalue weighted by Gasteiger charge is -2.40. The molecule has 1 atom stereocenters. The smallest absolute Gasteiger partial charge is 0.255 e. The summed E-state index contributed by atoms with van der Waals surface area (Å²) in [6.45, 7) is 2.62. The van der Waals surface area contributed by atoms with E-state index in [1.807, 2.05) is 42.3 Å². The molecule has 0 bridgehead atoms. The van der Waals surface area contributed by atoms with Crippen LogP contribution in [0.5, 0.6) is 0 Å². The molecule has 2 aromatic rings. The number of methoxy groups -OCH3 is 1. The van der Waals surface area contributed by atoms with E-state index in [2.05, 4.69) is 4.98 Å². The zero-order valence-electron chi connectivity index (χ0n) is 15.5. The van der Waals surface area contributed by atoms with E-state index in [0.29, 0.717) is 39.2 Å². The van der Waals surface area contributed by atoms with Gasteiger partial charge in [0.05, 0.1) is 12.1 Å². The molecule has 0 saturated carbocycles. The van der Waals surface area contributed by atoms with Gasteiger partial charge in [-0.05, 0) is 31.5 Å². The molecular formula is C20H27N3O3. The average molecular weight is 357 g/mol. The first-order chi connectivity index (χ1) is 12.5. The maximum atomic E-state index is 12.7. The Kier molecular flexibility index (Phi) is 5.86. The second kappa shape index (κ2) is 8.12. The van der Waals surface area contributed by atoms with E-state index in [0.717, 1.165) is 22.9 Å². The summed E-state index contributed by atoms with van der Waals surface area (Å²) in [5, 5.41) is 12.1. The summed E-state index contributed by atoms with van der Waals surface area (Å²) >= 11 is 0. The molecule has 3 rings (SSSR count). The zero-order valence-corrected chi connectivity index (χ0v) is 15.5. The highest BCUT2D eigenvalue weighted by molar-refractivity contribution is 5.86. The molecule has 1 aliphatic heterocycles. The topological polar surface area (TPSA) is 65.9 Å². The second-order valence-electron chi connectivity index (χ2n) is 7.08. The van der Waals surface area contributed by atoms with Crippen LogP contribution in [0.3, 0.4) is 0 Å². The second-order valence-corrected chi connectivity index (χ2v) is 7.08. The van der Waals surface area contributed by atoms with Crippen LogP contribution in [0.15, 0.2) is 36.5 Å². The zero-order chi connectivity index (χ0) is 18.6. The molecule has 1 fully saturated rings. The normalized spacial score (nSPS) is 20.9. The highest BCUT2D eigenvalue weighted by Crippen LogP contribution is 2.25. The van der Waals surface area contributed by atoms with E-state index in [1.165, 1.54) is 0 Å². The quantitative estimate of drug-likeness (QED) is 0.816. The highest BCUT2D eigenvalue weighted by atomic mass is 16.5. The van der Waals surface area contributed by atoms with Gasteiger partial charge in [0.1, 0.15) is 0 Å². The molecule has 1 N–H and O–H groups in total. The first-order valence-electron chi connectivity index (χ1n) is 9.05. The number of rotatable bonds is 7. The number of hydrogen-bond acceptors (Lipinski definition) is 5.